The molecule has 6 nitrogen and oxygen atoms in total. The molecule has 1 unspecified atom stereocenters. The summed E-state index contributed by atoms with van der Waals surface area (Å²) in [5.74, 6) is 0.661. The minimum absolute atomic E-state index is 0.198. The number of hydrogen-bond acceptors (Lipinski definition) is 4. The van der Waals surface area contributed by atoms with Gasteiger partial charge in [-0.05, 0) is 52.1 Å². The summed E-state index contributed by atoms with van der Waals surface area (Å²) in [7, 11) is 1.77. The van der Waals surface area contributed by atoms with E-state index < -0.39 is 0 Å². The number of carbonyl (C=O) groups is 1. The van der Waals surface area contributed by atoms with Gasteiger partial charge in [0, 0.05) is 57.4 Å². The van der Waals surface area contributed by atoms with E-state index in [9.17, 15) is 4.79 Å². The number of rotatable bonds is 5. The monoisotopic (exact) mass is 362 g/mol. The Balaban J connectivity index is 1.66. The van der Waals surface area contributed by atoms with Crippen LogP contribution in [0.4, 0.5) is 0 Å². The molecule has 1 aromatic rings. The molecule has 2 aliphatic rings. The Bertz CT molecular complexity index is 646. The Kier molecular flexibility index (Phi) is 5.72. The third-order valence-corrected chi connectivity index (χ3v) is 6.69. The van der Waals surface area contributed by atoms with Gasteiger partial charge in [-0.15, -0.1) is 0 Å². The molecule has 0 N–H and O–H groups in total. The minimum Gasteiger partial charge on any atom is -0.384 e. The van der Waals surface area contributed by atoms with Crippen molar-refractivity contribution in [2.45, 2.75) is 53.6 Å². The standard InChI is InChI=1S/C20H34N4O2/c1-6-24-16(3)19(15(2)21-24)12-22-9-7-20(8-10-22)14-23(17(4)25)11-18(20)13-26-5/h18H,6-14H2,1-5H3. The molecule has 3 rings (SSSR count). The largest absolute Gasteiger partial charge is 0.384 e. The number of hydrogen-bond donors (Lipinski definition) is 0. The summed E-state index contributed by atoms with van der Waals surface area (Å²) < 4.78 is 7.59. The summed E-state index contributed by atoms with van der Waals surface area (Å²) in [5.41, 5.74) is 4.07. The highest BCUT2D eigenvalue weighted by Crippen LogP contribution is 2.45. The van der Waals surface area contributed by atoms with Gasteiger partial charge >= 0.3 is 0 Å². The number of likely N-dealkylation sites (tertiary alicyclic amines) is 2. The van der Waals surface area contributed by atoms with Crippen molar-refractivity contribution in [3.8, 4) is 0 Å². The van der Waals surface area contributed by atoms with Crippen LogP contribution in [0, 0.1) is 25.2 Å². The Morgan fingerprint density at radius 3 is 2.54 bits per heavy atom. The molecule has 2 saturated heterocycles. The van der Waals surface area contributed by atoms with Crippen LogP contribution in [-0.2, 0) is 22.6 Å². The first-order chi connectivity index (χ1) is 12.4. The summed E-state index contributed by atoms with van der Waals surface area (Å²) in [4.78, 5) is 16.5. The zero-order valence-electron chi connectivity index (χ0n) is 17.0. The van der Waals surface area contributed by atoms with Crippen molar-refractivity contribution in [3.05, 3.63) is 17.0 Å². The topological polar surface area (TPSA) is 50.6 Å². The number of methoxy groups -OCH3 is 1. The van der Waals surface area contributed by atoms with Crippen molar-refractivity contribution < 1.29 is 9.53 Å². The lowest BCUT2D eigenvalue weighted by molar-refractivity contribution is -0.128. The molecular weight excluding hydrogens is 328 g/mol. The minimum atomic E-state index is 0.198. The number of ether oxygens (including phenoxy) is 1. The van der Waals surface area contributed by atoms with E-state index in [4.69, 9.17) is 4.74 Å². The van der Waals surface area contributed by atoms with Gasteiger partial charge in [0.05, 0.1) is 12.3 Å². The molecule has 2 aliphatic heterocycles. The molecule has 146 valence electrons. The molecule has 0 aromatic carbocycles. The average Bonchev–Trinajstić information content (AvgIpc) is 3.10. The van der Waals surface area contributed by atoms with E-state index in [1.54, 1.807) is 14.0 Å². The molecule has 0 aliphatic carbocycles. The zero-order chi connectivity index (χ0) is 18.9. The molecule has 1 aromatic heterocycles. The first-order valence-electron chi connectivity index (χ1n) is 9.90. The number of amides is 1. The summed E-state index contributed by atoms with van der Waals surface area (Å²) >= 11 is 0. The van der Waals surface area contributed by atoms with E-state index in [0.29, 0.717) is 5.92 Å². The summed E-state index contributed by atoms with van der Waals surface area (Å²) in [6, 6.07) is 0. The van der Waals surface area contributed by atoms with Crippen molar-refractivity contribution >= 4 is 5.91 Å². The zero-order valence-corrected chi connectivity index (χ0v) is 17.0. The number of carbonyl (C=O) groups excluding carboxylic acids is 1. The fourth-order valence-corrected chi connectivity index (χ4v) is 4.92. The lowest BCUT2D eigenvalue weighted by Gasteiger charge is -2.42. The highest BCUT2D eigenvalue weighted by atomic mass is 16.5. The molecule has 0 saturated carbocycles. The van der Waals surface area contributed by atoms with Gasteiger partial charge in [-0.1, -0.05) is 0 Å². The molecule has 6 heteroatoms. The third-order valence-electron chi connectivity index (χ3n) is 6.69. The predicted octanol–water partition coefficient (Wildman–Crippen LogP) is 2.23. The molecular formula is C20H34N4O2. The number of aromatic nitrogens is 2. The number of aryl methyl sites for hydroxylation is 2. The van der Waals surface area contributed by atoms with E-state index in [1.807, 2.05) is 4.90 Å². The van der Waals surface area contributed by atoms with Crippen LogP contribution in [0.25, 0.3) is 0 Å². The van der Waals surface area contributed by atoms with E-state index in [2.05, 4.69) is 35.5 Å². The molecule has 0 bridgehead atoms. The fraction of sp³-hybridized carbons (Fsp3) is 0.800. The van der Waals surface area contributed by atoms with E-state index in [-0.39, 0.29) is 11.3 Å². The predicted molar refractivity (Wildman–Crippen MR) is 102 cm³/mol. The van der Waals surface area contributed by atoms with Crippen molar-refractivity contribution in [2.24, 2.45) is 11.3 Å². The van der Waals surface area contributed by atoms with Crippen LogP contribution < -0.4 is 0 Å². The Morgan fingerprint density at radius 1 is 1.31 bits per heavy atom. The van der Waals surface area contributed by atoms with Gasteiger partial charge in [-0.25, -0.2) is 0 Å². The molecule has 1 spiro atoms. The van der Waals surface area contributed by atoms with E-state index in [1.165, 1.54) is 11.3 Å². The quantitative estimate of drug-likeness (QED) is 0.806. The summed E-state index contributed by atoms with van der Waals surface area (Å²) in [6.07, 6.45) is 2.29. The Labute approximate surface area is 157 Å². The maximum absolute atomic E-state index is 11.9. The number of piperidine rings is 1. The SMILES string of the molecule is CCn1nc(C)c(CN2CCC3(CC2)CN(C(C)=O)CC3COC)c1C. The van der Waals surface area contributed by atoms with Gasteiger partial charge in [-0.3, -0.25) is 14.4 Å². The van der Waals surface area contributed by atoms with Crippen molar-refractivity contribution in [2.75, 3.05) is 39.9 Å². The summed E-state index contributed by atoms with van der Waals surface area (Å²) in [5, 5.41) is 4.66. The van der Waals surface area contributed by atoms with Crippen LogP contribution in [-0.4, -0.2) is 65.4 Å². The molecule has 26 heavy (non-hydrogen) atoms. The first kappa shape index (κ1) is 19.4. The molecule has 2 fully saturated rings. The van der Waals surface area contributed by atoms with Crippen molar-refractivity contribution in [1.82, 2.24) is 19.6 Å². The summed E-state index contributed by atoms with van der Waals surface area (Å²) in [6.45, 7) is 14.7. The maximum Gasteiger partial charge on any atom is 0.219 e. The van der Waals surface area contributed by atoms with Crippen LogP contribution in [0.3, 0.4) is 0 Å². The maximum atomic E-state index is 11.9. The van der Waals surface area contributed by atoms with Crippen LogP contribution in [0.15, 0.2) is 0 Å². The van der Waals surface area contributed by atoms with Gasteiger partial charge in [0.15, 0.2) is 0 Å². The molecule has 0 radical (unpaired) electrons. The smallest absolute Gasteiger partial charge is 0.219 e. The second-order valence-corrected chi connectivity index (χ2v) is 8.16. The van der Waals surface area contributed by atoms with E-state index in [0.717, 1.165) is 64.4 Å². The normalized spacial score (nSPS) is 23.1. The lowest BCUT2D eigenvalue weighted by Crippen LogP contribution is -2.45. The van der Waals surface area contributed by atoms with Gasteiger partial charge in [-0.2, -0.15) is 5.10 Å². The lowest BCUT2D eigenvalue weighted by atomic mass is 9.71. The second kappa shape index (κ2) is 7.69. The molecule has 1 atom stereocenters. The highest BCUT2D eigenvalue weighted by molar-refractivity contribution is 5.73. The highest BCUT2D eigenvalue weighted by Gasteiger charge is 2.48. The fourth-order valence-electron chi connectivity index (χ4n) is 4.92. The van der Waals surface area contributed by atoms with Crippen LogP contribution >= 0.6 is 0 Å². The number of nitrogens with zero attached hydrogens (tertiary/aromatic N) is 4. The Hall–Kier alpha value is -1.40. The van der Waals surface area contributed by atoms with E-state index >= 15 is 0 Å². The van der Waals surface area contributed by atoms with Crippen molar-refractivity contribution in [1.29, 1.82) is 0 Å². The van der Waals surface area contributed by atoms with Gasteiger partial charge < -0.3 is 9.64 Å². The van der Waals surface area contributed by atoms with Crippen molar-refractivity contribution in [3.63, 3.8) is 0 Å². The first-order valence-corrected chi connectivity index (χ1v) is 9.90. The van der Waals surface area contributed by atoms with Gasteiger partial charge in [0.2, 0.25) is 5.91 Å². The second-order valence-electron chi connectivity index (χ2n) is 8.16. The van der Waals surface area contributed by atoms with Crippen LogP contribution in [0.2, 0.25) is 0 Å². The van der Waals surface area contributed by atoms with Crippen LogP contribution in [0.1, 0.15) is 43.6 Å². The Morgan fingerprint density at radius 2 is 2.00 bits per heavy atom. The third kappa shape index (κ3) is 3.54. The molecule has 1 amide bonds. The van der Waals surface area contributed by atoms with Gasteiger partial charge in [0.1, 0.15) is 0 Å². The van der Waals surface area contributed by atoms with Gasteiger partial charge in [0.25, 0.3) is 0 Å². The molecule has 3 heterocycles. The average molecular weight is 363 g/mol. The van der Waals surface area contributed by atoms with Crippen LogP contribution in [0.5, 0.6) is 0 Å².